The summed E-state index contributed by atoms with van der Waals surface area (Å²) in [5.41, 5.74) is 11.5. The average Bonchev–Trinajstić information content (AvgIpc) is 2.89. The van der Waals surface area contributed by atoms with Gasteiger partial charge in [-0.25, -0.2) is 0 Å². The van der Waals surface area contributed by atoms with Crippen molar-refractivity contribution in [1.29, 1.82) is 0 Å². The molecular weight excluding hydrogens is 488 g/mol. The maximum atomic E-state index is 3.92. The van der Waals surface area contributed by atoms with Crippen LogP contribution in [-0.2, 0) is 5.41 Å². The zero-order valence-electron chi connectivity index (χ0n) is 24.4. The van der Waals surface area contributed by atoms with Crippen LogP contribution in [0.15, 0.2) is 97.1 Å². The van der Waals surface area contributed by atoms with Crippen LogP contribution in [0, 0.1) is 0 Å². The summed E-state index contributed by atoms with van der Waals surface area (Å²) in [5, 5.41) is 15.1. The molecule has 0 aliphatic carbocycles. The molecule has 4 N–H and O–H groups in total. The summed E-state index contributed by atoms with van der Waals surface area (Å²) in [6.45, 7) is 13.8. The molecule has 0 saturated heterocycles. The molecule has 2 aliphatic rings. The Bertz CT molecular complexity index is 1580. The van der Waals surface area contributed by atoms with Crippen molar-refractivity contribution in [3.05, 3.63) is 114 Å². The Morgan fingerprint density at radius 1 is 0.625 bits per heavy atom. The fraction of sp³-hybridized carbons (Fsp3) is 0.278. The number of nitrogens with one attached hydrogen (secondary N) is 4. The average molecular weight is 529 g/mol. The normalized spacial score (nSPS) is 20.2. The highest BCUT2D eigenvalue weighted by Gasteiger charge is 2.44. The van der Waals surface area contributed by atoms with E-state index in [9.17, 15) is 0 Å². The lowest BCUT2D eigenvalue weighted by molar-refractivity contribution is 0.379. The van der Waals surface area contributed by atoms with Crippen LogP contribution in [0.3, 0.4) is 0 Å². The Morgan fingerprint density at radius 2 is 1.23 bits per heavy atom. The number of allylic oxidation sites excluding steroid dienone is 1. The number of anilines is 6. The van der Waals surface area contributed by atoms with E-state index in [1.807, 2.05) is 6.07 Å². The molecule has 2 aliphatic heterocycles. The maximum Gasteiger partial charge on any atom is 0.0506 e. The molecule has 2 heterocycles. The second-order valence-electron chi connectivity index (χ2n) is 12.9. The molecule has 0 spiro atoms. The number of para-hydroxylation sites is 2. The highest BCUT2D eigenvalue weighted by Crippen LogP contribution is 2.53. The third kappa shape index (κ3) is 4.95. The molecule has 0 fully saturated rings. The van der Waals surface area contributed by atoms with Crippen LogP contribution >= 0.6 is 0 Å². The summed E-state index contributed by atoms with van der Waals surface area (Å²) in [7, 11) is 0. The molecule has 0 saturated carbocycles. The van der Waals surface area contributed by atoms with Crippen molar-refractivity contribution in [2.45, 2.75) is 64.5 Å². The van der Waals surface area contributed by atoms with E-state index >= 15 is 0 Å². The summed E-state index contributed by atoms with van der Waals surface area (Å²) in [6.07, 6.45) is 3.30. The Kier molecular flexibility index (Phi) is 6.18. The van der Waals surface area contributed by atoms with Gasteiger partial charge in [0.05, 0.1) is 5.54 Å². The third-order valence-electron chi connectivity index (χ3n) is 8.19. The molecule has 0 bridgehead atoms. The van der Waals surface area contributed by atoms with Crippen molar-refractivity contribution in [2.75, 3.05) is 21.3 Å². The quantitative estimate of drug-likeness (QED) is 0.208. The summed E-state index contributed by atoms with van der Waals surface area (Å²) in [5.74, 6) is 0. The molecule has 204 valence electrons. The van der Waals surface area contributed by atoms with Gasteiger partial charge in [0.1, 0.15) is 0 Å². The molecule has 4 aromatic rings. The van der Waals surface area contributed by atoms with E-state index in [1.54, 1.807) is 0 Å². The maximum absolute atomic E-state index is 3.92. The van der Waals surface area contributed by atoms with Crippen LogP contribution in [0.2, 0.25) is 0 Å². The lowest BCUT2D eigenvalue weighted by Gasteiger charge is -2.48. The Morgan fingerprint density at radius 3 is 1.88 bits per heavy atom. The smallest absolute Gasteiger partial charge is 0.0506 e. The molecule has 0 amide bonds. The van der Waals surface area contributed by atoms with E-state index in [0.29, 0.717) is 0 Å². The predicted molar refractivity (Wildman–Crippen MR) is 172 cm³/mol. The Hall–Kier alpha value is -4.18. The number of hydrogen-bond donors (Lipinski definition) is 4. The van der Waals surface area contributed by atoms with Gasteiger partial charge in [0.2, 0.25) is 0 Å². The van der Waals surface area contributed by atoms with E-state index in [-0.39, 0.29) is 16.5 Å². The first kappa shape index (κ1) is 26.1. The van der Waals surface area contributed by atoms with Crippen molar-refractivity contribution < 1.29 is 0 Å². The fourth-order valence-corrected chi connectivity index (χ4v) is 6.76. The summed E-state index contributed by atoms with van der Waals surface area (Å²) in [4.78, 5) is 0. The minimum Gasteiger partial charge on any atom is -0.380 e. The second-order valence-corrected chi connectivity index (χ2v) is 12.9. The lowest BCUT2D eigenvalue weighted by Crippen LogP contribution is -2.46. The molecule has 1 unspecified atom stereocenters. The Labute approximate surface area is 238 Å². The van der Waals surface area contributed by atoms with Gasteiger partial charge in [0.15, 0.2) is 0 Å². The van der Waals surface area contributed by atoms with Gasteiger partial charge >= 0.3 is 0 Å². The highest BCUT2D eigenvalue weighted by atomic mass is 15.0. The SMILES string of the molecule is CC1=CC(C)(C)Nc2c1cc(Nc1ccccc1)cc2C1(C)CC(C)(C)Nc2ccc(Nc3ccccc3)cc21. The van der Waals surface area contributed by atoms with E-state index in [1.165, 1.54) is 33.6 Å². The van der Waals surface area contributed by atoms with Gasteiger partial charge in [-0.2, -0.15) is 0 Å². The molecule has 40 heavy (non-hydrogen) atoms. The predicted octanol–water partition coefficient (Wildman–Crippen LogP) is 9.68. The third-order valence-corrected chi connectivity index (χ3v) is 8.19. The van der Waals surface area contributed by atoms with Crippen molar-refractivity contribution >= 4 is 39.7 Å². The minimum atomic E-state index is -0.252. The fourth-order valence-electron chi connectivity index (χ4n) is 6.76. The van der Waals surface area contributed by atoms with Crippen molar-refractivity contribution in [3.8, 4) is 0 Å². The monoisotopic (exact) mass is 528 g/mol. The number of benzene rings is 4. The van der Waals surface area contributed by atoms with Crippen LogP contribution in [0.5, 0.6) is 0 Å². The van der Waals surface area contributed by atoms with Gasteiger partial charge in [-0.15, -0.1) is 0 Å². The van der Waals surface area contributed by atoms with Crippen LogP contribution in [0.4, 0.5) is 34.1 Å². The molecule has 6 rings (SSSR count). The zero-order chi connectivity index (χ0) is 28.1. The van der Waals surface area contributed by atoms with E-state index in [0.717, 1.165) is 29.2 Å². The van der Waals surface area contributed by atoms with Crippen LogP contribution < -0.4 is 21.3 Å². The molecule has 4 heteroatoms. The van der Waals surface area contributed by atoms with Crippen molar-refractivity contribution in [3.63, 3.8) is 0 Å². The van der Waals surface area contributed by atoms with Crippen LogP contribution in [0.25, 0.3) is 5.57 Å². The largest absolute Gasteiger partial charge is 0.380 e. The van der Waals surface area contributed by atoms with E-state index in [4.69, 9.17) is 0 Å². The zero-order valence-corrected chi connectivity index (χ0v) is 24.4. The van der Waals surface area contributed by atoms with Crippen molar-refractivity contribution in [2.24, 2.45) is 0 Å². The molecule has 1 atom stereocenters. The molecule has 4 nitrogen and oxygen atoms in total. The first-order valence-electron chi connectivity index (χ1n) is 14.2. The molecule has 4 aromatic carbocycles. The second kappa shape index (κ2) is 9.48. The topological polar surface area (TPSA) is 48.1 Å². The van der Waals surface area contributed by atoms with E-state index in [2.05, 4.69) is 154 Å². The Balaban J connectivity index is 1.54. The first-order chi connectivity index (χ1) is 19.0. The van der Waals surface area contributed by atoms with E-state index < -0.39 is 0 Å². The van der Waals surface area contributed by atoms with Crippen molar-refractivity contribution in [1.82, 2.24) is 0 Å². The van der Waals surface area contributed by atoms with Gasteiger partial charge in [-0.3, -0.25) is 0 Å². The summed E-state index contributed by atoms with van der Waals surface area (Å²) < 4.78 is 0. The number of rotatable bonds is 5. The van der Waals surface area contributed by atoms with Crippen LogP contribution in [0.1, 0.15) is 64.7 Å². The highest BCUT2D eigenvalue weighted by molar-refractivity contribution is 5.87. The lowest BCUT2D eigenvalue weighted by atomic mass is 9.64. The van der Waals surface area contributed by atoms with Gasteiger partial charge in [0.25, 0.3) is 0 Å². The van der Waals surface area contributed by atoms with Gasteiger partial charge in [-0.1, -0.05) is 49.4 Å². The summed E-state index contributed by atoms with van der Waals surface area (Å²) >= 11 is 0. The minimum absolute atomic E-state index is 0.0824. The molecule has 0 aromatic heterocycles. The standard InChI is InChI=1S/C36H40N4/c1-24-22-34(2,3)40-33-29(24)19-28(38-26-15-11-8-12-16-26)21-31(33)36(6)23-35(4,5)39-32-18-17-27(20-30(32)36)37-25-13-9-7-10-14-25/h7-22,37-40H,23H2,1-6H3. The number of fused-ring (bicyclic) bond motifs is 2. The first-order valence-corrected chi connectivity index (χ1v) is 14.2. The van der Waals surface area contributed by atoms with Gasteiger partial charge in [-0.05, 0) is 112 Å². The molecule has 0 radical (unpaired) electrons. The van der Waals surface area contributed by atoms with Crippen LogP contribution in [-0.4, -0.2) is 11.1 Å². The number of hydrogen-bond acceptors (Lipinski definition) is 4. The molecular formula is C36H40N4. The van der Waals surface area contributed by atoms with Gasteiger partial charge in [0, 0.05) is 50.6 Å². The summed E-state index contributed by atoms with van der Waals surface area (Å²) in [6, 6.07) is 32.3. The van der Waals surface area contributed by atoms with Gasteiger partial charge < -0.3 is 21.3 Å².